The molecule has 0 unspecified atom stereocenters. The van der Waals surface area contributed by atoms with Gasteiger partial charge >= 0.3 is 0 Å². The Morgan fingerprint density at radius 3 is 2.36 bits per heavy atom. The van der Waals surface area contributed by atoms with Crippen molar-refractivity contribution in [2.24, 2.45) is 21.5 Å². The molecule has 0 amide bonds. The summed E-state index contributed by atoms with van der Waals surface area (Å²) in [4.78, 5) is 10.9. The van der Waals surface area contributed by atoms with Gasteiger partial charge in [0.05, 0.1) is 5.02 Å². The maximum absolute atomic E-state index is 6.26. The molecule has 0 aromatic heterocycles. The van der Waals surface area contributed by atoms with Crippen LogP contribution in [0.15, 0.2) is 52.4 Å². The van der Waals surface area contributed by atoms with E-state index in [0.717, 1.165) is 31.4 Å². The summed E-state index contributed by atoms with van der Waals surface area (Å²) >= 11 is 12.1. The van der Waals surface area contributed by atoms with Crippen molar-refractivity contribution in [1.82, 2.24) is 0 Å². The summed E-state index contributed by atoms with van der Waals surface area (Å²) in [5.74, 6) is 1.80. The highest BCUT2D eigenvalue weighted by Crippen LogP contribution is 2.40. The maximum Gasteiger partial charge on any atom is 0.220 e. The van der Waals surface area contributed by atoms with Crippen molar-refractivity contribution >= 4 is 40.8 Å². The van der Waals surface area contributed by atoms with Crippen molar-refractivity contribution in [3.05, 3.63) is 52.5 Å². The predicted molar refractivity (Wildman–Crippen MR) is 115 cm³/mol. The highest BCUT2D eigenvalue weighted by atomic mass is 35.5. The third-order valence-electron chi connectivity index (χ3n) is 5.07. The summed E-state index contributed by atoms with van der Waals surface area (Å²) in [6, 6.07) is 12.7. The summed E-state index contributed by atoms with van der Waals surface area (Å²) in [5, 5.41) is 1.01. The zero-order valence-electron chi connectivity index (χ0n) is 15.2. The van der Waals surface area contributed by atoms with E-state index in [2.05, 4.69) is 9.98 Å². The van der Waals surface area contributed by atoms with E-state index in [4.69, 9.17) is 39.4 Å². The van der Waals surface area contributed by atoms with Crippen molar-refractivity contribution in [2.45, 2.75) is 37.8 Å². The zero-order chi connectivity index (χ0) is 19.7. The van der Waals surface area contributed by atoms with Crippen LogP contribution in [0.25, 0.3) is 0 Å². The number of guanidine groups is 2. The van der Waals surface area contributed by atoms with Crippen LogP contribution >= 0.6 is 23.2 Å². The van der Waals surface area contributed by atoms with Gasteiger partial charge in [-0.25, -0.2) is 4.99 Å². The van der Waals surface area contributed by atoms with Crippen molar-refractivity contribution in [2.75, 3.05) is 4.90 Å². The number of anilines is 1. The summed E-state index contributed by atoms with van der Waals surface area (Å²) < 4.78 is 5.87. The smallest absolute Gasteiger partial charge is 0.220 e. The molecule has 2 aromatic carbocycles. The molecule has 1 spiro atoms. The fourth-order valence-electron chi connectivity index (χ4n) is 3.84. The second-order valence-electron chi connectivity index (χ2n) is 6.99. The molecule has 2 aliphatic rings. The fourth-order valence-corrected chi connectivity index (χ4v) is 4.29. The minimum absolute atomic E-state index is 0.244. The van der Waals surface area contributed by atoms with Crippen LogP contribution in [0.1, 0.15) is 32.1 Å². The topological polar surface area (TPSA) is 89.2 Å². The number of nitrogens with two attached hydrogens (primary N) is 2. The van der Waals surface area contributed by atoms with Gasteiger partial charge in [-0.15, -0.1) is 0 Å². The molecule has 146 valence electrons. The second kappa shape index (κ2) is 7.53. The van der Waals surface area contributed by atoms with E-state index in [0.29, 0.717) is 27.5 Å². The molecule has 4 rings (SSSR count). The van der Waals surface area contributed by atoms with Gasteiger partial charge in [0.1, 0.15) is 17.2 Å². The lowest BCUT2D eigenvalue weighted by Crippen LogP contribution is -2.58. The Bertz CT molecular complexity index is 936. The van der Waals surface area contributed by atoms with Crippen LogP contribution in [-0.4, -0.2) is 17.6 Å². The van der Waals surface area contributed by atoms with E-state index < -0.39 is 5.66 Å². The highest BCUT2D eigenvalue weighted by molar-refractivity contribution is 6.35. The molecule has 28 heavy (non-hydrogen) atoms. The average molecular weight is 418 g/mol. The van der Waals surface area contributed by atoms with E-state index in [1.165, 1.54) is 6.42 Å². The lowest BCUT2D eigenvalue weighted by Gasteiger charge is -2.45. The van der Waals surface area contributed by atoms with Crippen LogP contribution in [0.5, 0.6) is 11.5 Å². The standard InChI is InChI=1S/C20H21Cl2N5O/c21-13-4-9-17(16(22)12-13)28-15-7-5-14(6-8-15)27-19(24)25-18(23)26-20(27)10-2-1-3-11-20/h4-9,12H,1-3,10-11H2,(H4,23,24,25,26). The van der Waals surface area contributed by atoms with Gasteiger partial charge in [0.15, 0.2) is 0 Å². The van der Waals surface area contributed by atoms with Crippen LogP contribution < -0.4 is 21.1 Å². The second-order valence-corrected chi connectivity index (χ2v) is 7.83. The van der Waals surface area contributed by atoms with Crippen LogP contribution in [0.4, 0.5) is 5.69 Å². The van der Waals surface area contributed by atoms with Crippen molar-refractivity contribution in [3.63, 3.8) is 0 Å². The quantitative estimate of drug-likeness (QED) is 0.742. The lowest BCUT2D eigenvalue weighted by atomic mass is 9.87. The van der Waals surface area contributed by atoms with Crippen molar-refractivity contribution in [3.8, 4) is 11.5 Å². The molecule has 0 saturated heterocycles. The number of nitrogens with zero attached hydrogens (tertiary/aromatic N) is 3. The first kappa shape index (κ1) is 18.9. The molecular formula is C20H21Cl2N5O. The van der Waals surface area contributed by atoms with E-state index >= 15 is 0 Å². The molecule has 2 aromatic rings. The molecule has 1 saturated carbocycles. The molecule has 1 heterocycles. The number of ether oxygens (including phenoxy) is 1. The monoisotopic (exact) mass is 417 g/mol. The molecule has 8 heteroatoms. The van der Waals surface area contributed by atoms with E-state index in [-0.39, 0.29) is 5.96 Å². The first-order valence-electron chi connectivity index (χ1n) is 9.20. The Hall–Kier alpha value is -2.44. The Morgan fingerprint density at radius 1 is 0.964 bits per heavy atom. The molecule has 4 N–H and O–H groups in total. The molecule has 1 fully saturated rings. The normalized spacial score (nSPS) is 18.6. The summed E-state index contributed by atoms with van der Waals surface area (Å²) in [6.07, 6.45) is 5.13. The van der Waals surface area contributed by atoms with Crippen molar-refractivity contribution < 1.29 is 4.74 Å². The van der Waals surface area contributed by atoms with Gasteiger partial charge in [-0.3, -0.25) is 4.90 Å². The molecule has 1 aliphatic carbocycles. The molecule has 0 atom stereocenters. The Morgan fingerprint density at radius 2 is 1.68 bits per heavy atom. The number of aliphatic imine (C=N–C) groups is 2. The van der Waals surface area contributed by atoms with Gasteiger partial charge in [-0.2, -0.15) is 4.99 Å². The minimum atomic E-state index is -0.462. The minimum Gasteiger partial charge on any atom is -0.456 e. The summed E-state index contributed by atoms with van der Waals surface area (Å²) in [5.41, 5.74) is 12.6. The third kappa shape index (κ3) is 3.62. The molecule has 1 aliphatic heterocycles. The molecule has 0 radical (unpaired) electrons. The molecule has 6 nitrogen and oxygen atoms in total. The largest absolute Gasteiger partial charge is 0.456 e. The van der Waals surface area contributed by atoms with Crippen molar-refractivity contribution in [1.29, 1.82) is 0 Å². The first-order chi connectivity index (χ1) is 13.5. The van der Waals surface area contributed by atoms with Gasteiger partial charge in [0, 0.05) is 10.7 Å². The summed E-state index contributed by atoms with van der Waals surface area (Å²) in [6.45, 7) is 0. The Labute approximate surface area is 173 Å². The number of benzene rings is 2. The Kier molecular flexibility index (Phi) is 5.08. The molecule has 0 bridgehead atoms. The third-order valence-corrected chi connectivity index (χ3v) is 5.60. The fraction of sp³-hybridized carbons (Fsp3) is 0.300. The Balaban J connectivity index is 1.61. The summed E-state index contributed by atoms with van der Waals surface area (Å²) in [7, 11) is 0. The zero-order valence-corrected chi connectivity index (χ0v) is 16.7. The van der Waals surface area contributed by atoms with E-state index in [9.17, 15) is 0 Å². The number of hydrogen-bond donors (Lipinski definition) is 2. The van der Waals surface area contributed by atoms with Gasteiger partial charge in [-0.05, 0) is 68.1 Å². The number of halogens is 2. The average Bonchev–Trinajstić information content (AvgIpc) is 2.65. The predicted octanol–water partition coefficient (Wildman–Crippen LogP) is 4.90. The number of hydrogen-bond acceptors (Lipinski definition) is 6. The molecular weight excluding hydrogens is 397 g/mol. The first-order valence-corrected chi connectivity index (χ1v) is 9.95. The van der Waals surface area contributed by atoms with Crippen LogP contribution in [0, 0.1) is 0 Å². The van der Waals surface area contributed by atoms with Gasteiger partial charge in [-0.1, -0.05) is 29.6 Å². The SMILES string of the molecule is NC1=NC2(CCCCC2)N(c2ccc(Oc3ccc(Cl)cc3Cl)cc2)C(N)=N1. The van der Waals surface area contributed by atoms with E-state index in [1.807, 2.05) is 29.2 Å². The van der Waals surface area contributed by atoms with Gasteiger partial charge in [0.2, 0.25) is 11.9 Å². The van der Waals surface area contributed by atoms with Gasteiger partial charge < -0.3 is 16.2 Å². The van der Waals surface area contributed by atoms with Crippen LogP contribution in [0.2, 0.25) is 10.0 Å². The van der Waals surface area contributed by atoms with E-state index in [1.54, 1.807) is 18.2 Å². The van der Waals surface area contributed by atoms with Crippen LogP contribution in [-0.2, 0) is 0 Å². The number of rotatable bonds is 3. The maximum atomic E-state index is 6.26. The highest BCUT2D eigenvalue weighted by Gasteiger charge is 2.42. The lowest BCUT2D eigenvalue weighted by molar-refractivity contribution is 0.305. The van der Waals surface area contributed by atoms with Crippen LogP contribution in [0.3, 0.4) is 0 Å². The van der Waals surface area contributed by atoms with Gasteiger partial charge in [0.25, 0.3) is 0 Å².